The third-order valence-corrected chi connectivity index (χ3v) is 4.56. The highest BCUT2D eigenvalue weighted by Gasteiger charge is 2.39. The second-order valence-electron chi connectivity index (χ2n) is 6.47. The molecular formula is C14H24N2O. The molecule has 17 heavy (non-hydrogen) atoms. The zero-order chi connectivity index (χ0) is 11.9. The Kier molecular flexibility index (Phi) is 2.89. The molecule has 0 atom stereocenters. The number of rotatable bonds is 5. The van der Waals surface area contributed by atoms with Crippen molar-refractivity contribution in [3.05, 3.63) is 0 Å². The number of amides is 1. The summed E-state index contributed by atoms with van der Waals surface area (Å²) in [6.45, 7) is 1.01. The van der Waals surface area contributed by atoms with Crippen molar-refractivity contribution >= 4 is 5.91 Å². The molecule has 3 rings (SSSR count). The van der Waals surface area contributed by atoms with Gasteiger partial charge >= 0.3 is 0 Å². The molecule has 0 aromatic heterocycles. The van der Waals surface area contributed by atoms with Gasteiger partial charge in [0.15, 0.2) is 0 Å². The molecule has 2 N–H and O–H groups in total. The summed E-state index contributed by atoms with van der Waals surface area (Å²) in [6.07, 6.45) is 10.2. The molecule has 0 unspecified atom stereocenters. The molecule has 0 saturated heterocycles. The molecule has 3 fully saturated rings. The molecule has 0 bridgehead atoms. The third kappa shape index (κ3) is 2.82. The standard InChI is InChI=1S/C14H24N2O/c15-14(7-1-2-8-14)9-13(17)16(12-5-6-12)10-11-3-4-11/h11-12H,1-10,15H2. The van der Waals surface area contributed by atoms with Gasteiger partial charge in [-0.05, 0) is 44.4 Å². The number of carbonyl (C=O) groups is 1. The number of nitrogens with two attached hydrogens (primary N) is 1. The van der Waals surface area contributed by atoms with Crippen molar-refractivity contribution in [2.45, 2.75) is 69.4 Å². The lowest BCUT2D eigenvalue weighted by molar-refractivity contribution is -0.133. The van der Waals surface area contributed by atoms with Crippen LogP contribution < -0.4 is 5.73 Å². The highest BCUT2D eigenvalue weighted by Crippen LogP contribution is 2.37. The Hall–Kier alpha value is -0.570. The first kappa shape index (κ1) is 11.5. The number of carbonyl (C=O) groups excluding carboxylic acids is 1. The molecule has 0 spiro atoms. The van der Waals surface area contributed by atoms with Crippen molar-refractivity contribution in [1.29, 1.82) is 0 Å². The smallest absolute Gasteiger partial charge is 0.224 e. The summed E-state index contributed by atoms with van der Waals surface area (Å²) in [5.41, 5.74) is 6.14. The van der Waals surface area contributed by atoms with Crippen LogP contribution >= 0.6 is 0 Å². The second-order valence-corrected chi connectivity index (χ2v) is 6.47. The molecule has 96 valence electrons. The van der Waals surface area contributed by atoms with E-state index in [-0.39, 0.29) is 5.54 Å². The van der Waals surface area contributed by atoms with E-state index in [1.54, 1.807) is 0 Å². The van der Waals surface area contributed by atoms with E-state index in [1.165, 1.54) is 38.5 Å². The van der Waals surface area contributed by atoms with Crippen molar-refractivity contribution in [3.63, 3.8) is 0 Å². The highest BCUT2D eigenvalue weighted by atomic mass is 16.2. The van der Waals surface area contributed by atoms with E-state index in [4.69, 9.17) is 5.73 Å². The average molecular weight is 236 g/mol. The van der Waals surface area contributed by atoms with Gasteiger partial charge in [-0.25, -0.2) is 0 Å². The Morgan fingerprint density at radius 3 is 2.35 bits per heavy atom. The maximum Gasteiger partial charge on any atom is 0.224 e. The molecule has 0 aromatic carbocycles. The first-order chi connectivity index (χ1) is 8.16. The zero-order valence-corrected chi connectivity index (χ0v) is 10.7. The summed E-state index contributed by atoms with van der Waals surface area (Å²) < 4.78 is 0. The minimum atomic E-state index is -0.173. The maximum atomic E-state index is 12.4. The topological polar surface area (TPSA) is 46.3 Å². The minimum absolute atomic E-state index is 0.173. The van der Waals surface area contributed by atoms with Crippen LogP contribution in [0, 0.1) is 5.92 Å². The van der Waals surface area contributed by atoms with Gasteiger partial charge in [-0.3, -0.25) is 4.79 Å². The second kappa shape index (κ2) is 4.27. The third-order valence-electron chi connectivity index (χ3n) is 4.56. The summed E-state index contributed by atoms with van der Waals surface area (Å²) in [7, 11) is 0. The van der Waals surface area contributed by atoms with E-state index < -0.39 is 0 Å². The van der Waals surface area contributed by atoms with Crippen LogP contribution in [0.5, 0.6) is 0 Å². The fourth-order valence-corrected chi connectivity index (χ4v) is 3.08. The summed E-state index contributed by atoms with van der Waals surface area (Å²) in [4.78, 5) is 14.6. The van der Waals surface area contributed by atoms with Gasteiger partial charge < -0.3 is 10.6 Å². The van der Waals surface area contributed by atoms with Gasteiger partial charge in [-0.15, -0.1) is 0 Å². The van der Waals surface area contributed by atoms with Crippen LogP contribution in [-0.4, -0.2) is 28.9 Å². The molecule has 3 saturated carbocycles. The minimum Gasteiger partial charge on any atom is -0.339 e. The maximum absolute atomic E-state index is 12.4. The van der Waals surface area contributed by atoms with Crippen LogP contribution in [0.3, 0.4) is 0 Å². The van der Waals surface area contributed by atoms with Gasteiger partial charge in [-0.1, -0.05) is 12.8 Å². The predicted octanol–water partition coefficient (Wildman–Crippen LogP) is 2.05. The highest BCUT2D eigenvalue weighted by molar-refractivity contribution is 5.78. The van der Waals surface area contributed by atoms with E-state index >= 15 is 0 Å². The van der Waals surface area contributed by atoms with Gasteiger partial charge in [0.1, 0.15) is 0 Å². The van der Waals surface area contributed by atoms with E-state index in [0.29, 0.717) is 18.4 Å². The van der Waals surface area contributed by atoms with Crippen molar-refractivity contribution in [1.82, 2.24) is 4.90 Å². The van der Waals surface area contributed by atoms with Gasteiger partial charge in [0.05, 0.1) is 0 Å². The molecule has 3 aliphatic rings. The monoisotopic (exact) mass is 236 g/mol. The molecule has 0 radical (unpaired) electrons. The van der Waals surface area contributed by atoms with E-state index in [2.05, 4.69) is 4.90 Å². The first-order valence-electron chi connectivity index (χ1n) is 7.25. The SMILES string of the molecule is NC1(CC(=O)N(CC2CC2)C2CC2)CCCC1. The van der Waals surface area contributed by atoms with E-state index in [0.717, 1.165) is 25.3 Å². The average Bonchev–Trinajstić information content (AvgIpc) is 3.17. The van der Waals surface area contributed by atoms with Crippen molar-refractivity contribution in [3.8, 4) is 0 Å². The van der Waals surface area contributed by atoms with Gasteiger partial charge in [0.2, 0.25) is 5.91 Å². The number of hydrogen-bond donors (Lipinski definition) is 1. The Morgan fingerprint density at radius 2 is 1.82 bits per heavy atom. The van der Waals surface area contributed by atoms with Crippen LogP contribution in [-0.2, 0) is 4.79 Å². The number of nitrogens with zero attached hydrogens (tertiary/aromatic N) is 1. The van der Waals surface area contributed by atoms with Crippen LogP contribution in [0.25, 0.3) is 0 Å². The lowest BCUT2D eigenvalue weighted by Gasteiger charge is -2.28. The van der Waals surface area contributed by atoms with Gasteiger partial charge in [0.25, 0.3) is 0 Å². The van der Waals surface area contributed by atoms with Crippen molar-refractivity contribution < 1.29 is 4.79 Å². The van der Waals surface area contributed by atoms with Crippen molar-refractivity contribution in [2.75, 3.05) is 6.54 Å². The molecule has 3 nitrogen and oxygen atoms in total. The largest absolute Gasteiger partial charge is 0.339 e. The van der Waals surface area contributed by atoms with Crippen LogP contribution in [0.1, 0.15) is 57.8 Å². The predicted molar refractivity (Wildman–Crippen MR) is 67.5 cm³/mol. The van der Waals surface area contributed by atoms with Gasteiger partial charge in [0, 0.05) is 24.5 Å². The quantitative estimate of drug-likeness (QED) is 0.794. The lowest BCUT2D eigenvalue weighted by Crippen LogP contribution is -2.45. The van der Waals surface area contributed by atoms with Gasteiger partial charge in [-0.2, -0.15) is 0 Å². The molecular weight excluding hydrogens is 212 g/mol. The van der Waals surface area contributed by atoms with E-state index in [1.807, 2.05) is 0 Å². The lowest BCUT2D eigenvalue weighted by atomic mass is 9.94. The fourth-order valence-electron chi connectivity index (χ4n) is 3.08. The van der Waals surface area contributed by atoms with Crippen LogP contribution in [0.4, 0.5) is 0 Å². The fraction of sp³-hybridized carbons (Fsp3) is 0.929. The van der Waals surface area contributed by atoms with E-state index in [9.17, 15) is 4.79 Å². The molecule has 3 aliphatic carbocycles. The zero-order valence-electron chi connectivity index (χ0n) is 10.7. The summed E-state index contributed by atoms with van der Waals surface area (Å²) in [5.74, 6) is 1.14. The first-order valence-corrected chi connectivity index (χ1v) is 7.25. The Labute approximate surface area is 104 Å². The Balaban J connectivity index is 1.58. The normalized spacial score (nSPS) is 27.1. The number of hydrogen-bond acceptors (Lipinski definition) is 2. The molecule has 3 heteroatoms. The molecule has 0 aliphatic heterocycles. The van der Waals surface area contributed by atoms with Crippen LogP contribution in [0.15, 0.2) is 0 Å². The summed E-state index contributed by atoms with van der Waals surface area (Å²) >= 11 is 0. The van der Waals surface area contributed by atoms with Crippen molar-refractivity contribution in [2.24, 2.45) is 11.7 Å². The van der Waals surface area contributed by atoms with Crippen LogP contribution in [0.2, 0.25) is 0 Å². The summed E-state index contributed by atoms with van der Waals surface area (Å²) in [6, 6.07) is 0.563. The Morgan fingerprint density at radius 1 is 1.18 bits per heavy atom. The molecule has 1 amide bonds. The Bertz CT molecular complexity index is 301. The molecule has 0 heterocycles. The molecule has 0 aromatic rings. The summed E-state index contributed by atoms with van der Waals surface area (Å²) in [5, 5.41) is 0.